The van der Waals surface area contributed by atoms with E-state index in [1.807, 2.05) is 32.0 Å². The van der Waals surface area contributed by atoms with E-state index in [1.165, 1.54) is 9.80 Å². The Labute approximate surface area is 232 Å². The number of carboxylic acid groups (broad SMARTS) is 1. The lowest BCUT2D eigenvalue weighted by atomic mass is 10.0. The number of hydrogen-bond donors (Lipinski definition) is 2. The fourth-order valence-electron chi connectivity index (χ4n) is 4.71. The Morgan fingerprint density at radius 1 is 0.872 bits per heavy atom. The second-order valence-corrected chi connectivity index (χ2v) is 10.1. The molecule has 1 saturated heterocycles. The van der Waals surface area contributed by atoms with Crippen molar-refractivity contribution in [3.05, 3.63) is 106 Å². The summed E-state index contributed by atoms with van der Waals surface area (Å²) in [5, 5.41) is 12.9. The van der Waals surface area contributed by atoms with Crippen molar-refractivity contribution in [2.45, 2.75) is 38.9 Å². The van der Waals surface area contributed by atoms with E-state index in [0.717, 1.165) is 11.1 Å². The molecule has 1 aliphatic heterocycles. The number of nitrogens with zero attached hydrogens (tertiary/aromatic N) is 2. The summed E-state index contributed by atoms with van der Waals surface area (Å²) >= 11 is 6.00. The Bertz CT molecular complexity index is 1310. The summed E-state index contributed by atoms with van der Waals surface area (Å²) < 4.78 is 0. The van der Waals surface area contributed by atoms with E-state index >= 15 is 0 Å². The second-order valence-electron chi connectivity index (χ2n) is 9.67. The molecule has 3 amide bonds. The molecule has 0 bridgehead atoms. The SMILES string of the molecule is Cc1ccc(C(=O)N2CCCN(C(=O)c3ccc(Cl)cc3)C2C(=O)NC(CC(=O)O)c2cccc(C)c2)cc1. The number of hydrogen-bond acceptors (Lipinski definition) is 4. The summed E-state index contributed by atoms with van der Waals surface area (Å²) in [6.45, 7) is 4.28. The van der Waals surface area contributed by atoms with E-state index in [2.05, 4.69) is 5.32 Å². The number of carboxylic acids is 1. The van der Waals surface area contributed by atoms with Crippen LogP contribution in [0.25, 0.3) is 0 Å². The molecule has 0 saturated carbocycles. The van der Waals surface area contributed by atoms with Crippen LogP contribution in [-0.4, -0.2) is 57.9 Å². The summed E-state index contributed by atoms with van der Waals surface area (Å²) in [5.74, 6) is -2.55. The molecule has 3 aromatic carbocycles. The number of nitrogens with one attached hydrogen (secondary N) is 1. The molecule has 9 heteroatoms. The van der Waals surface area contributed by atoms with Crippen molar-refractivity contribution in [2.75, 3.05) is 13.1 Å². The first kappa shape index (κ1) is 27.9. The van der Waals surface area contributed by atoms with E-state index in [4.69, 9.17) is 11.6 Å². The van der Waals surface area contributed by atoms with E-state index in [0.29, 0.717) is 28.1 Å². The van der Waals surface area contributed by atoms with Crippen molar-refractivity contribution in [3.63, 3.8) is 0 Å². The average molecular weight is 548 g/mol. The maximum atomic E-state index is 13.9. The number of aliphatic carboxylic acids is 1. The summed E-state index contributed by atoms with van der Waals surface area (Å²) in [4.78, 5) is 55.7. The van der Waals surface area contributed by atoms with Crippen LogP contribution in [0.15, 0.2) is 72.8 Å². The third kappa shape index (κ3) is 6.64. The van der Waals surface area contributed by atoms with Gasteiger partial charge in [0.15, 0.2) is 6.17 Å². The van der Waals surface area contributed by atoms with Gasteiger partial charge in [0.2, 0.25) is 0 Å². The van der Waals surface area contributed by atoms with Crippen LogP contribution in [0.4, 0.5) is 0 Å². The lowest BCUT2D eigenvalue weighted by molar-refractivity contribution is -0.138. The summed E-state index contributed by atoms with van der Waals surface area (Å²) in [7, 11) is 0. The van der Waals surface area contributed by atoms with Crippen molar-refractivity contribution >= 4 is 35.3 Å². The lowest BCUT2D eigenvalue weighted by Crippen LogP contribution is -2.63. The van der Waals surface area contributed by atoms with Crippen LogP contribution in [0.2, 0.25) is 5.02 Å². The van der Waals surface area contributed by atoms with Crippen LogP contribution in [-0.2, 0) is 9.59 Å². The fourth-order valence-corrected chi connectivity index (χ4v) is 4.84. The molecule has 2 atom stereocenters. The number of aryl methyl sites for hydroxylation is 2. The average Bonchev–Trinajstić information content (AvgIpc) is 2.92. The zero-order valence-electron chi connectivity index (χ0n) is 21.8. The van der Waals surface area contributed by atoms with Gasteiger partial charge in [-0.25, -0.2) is 0 Å². The maximum absolute atomic E-state index is 13.9. The van der Waals surface area contributed by atoms with Gasteiger partial charge in [-0.2, -0.15) is 0 Å². The highest BCUT2D eigenvalue weighted by Gasteiger charge is 2.41. The normalized spacial score (nSPS) is 15.9. The molecule has 2 unspecified atom stereocenters. The monoisotopic (exact) mass is 547 g/mol. The minimum atomic E-state index is -1.28. The van der Waals surface area contributed by atoms with E-state index in [-0.39, 0.29) is 19.5 Å². The molecule has 4 rings (SSSR count). The van der Waals surface area contributed by atoms with E-state index in [1.54, 1.807) is 54.6 Å². The highest BCUT2D eigenvalue weighted by Crippen LogP contribution is 2.24. The predicted octanol–water partition coefficient (Wildman–Crippen LogP) is 4.60. The minimum absolute atomic E-state index is 0.241. The van der Waals surface area contributed by atoms with Gasteiger partial charge in [-0.05, 0) is 62.2 Å². The van der Waals surface area contributed by atoms with Crippen LogP contribution in [0, 0.1) is 13.8 Å². The molecule has 1 heterocycles. The largest absolute Gasteiger partial charge is 0.481 e. The highest BCUT2D eigenvalue weighted by atomic mass is 35.5. The molecular formula is C30H30ClN3O5. The molecule has 3 aromatic rings. The van der Waals surface area contributed by atoms with Gasteiger partial charge in [-0.1, -0.05) is 59.1 Å². The minimum Gasteiger partial charge on any atom is -0.481 e. The molecule has 1 aliphatic rings. The van der Waals surface area contributed by atoms with Crippen molar-refractivity contribution in [1.29, 1.82) is 0 Å². The fraction of sp³-hybridized carbons (Fsp3) is 0.267. The second kappa shape index (κ2) is 12.1. The Morgan fingerprint density at radius 3 is 1.97 bits per heavy atom. The van der Waals surface area contributed by atoms with Gasteiger partial charge >= 0.3 is 5.97 Å². The van der Waals surface area contributed by atoms with E-state index < -0.39 is 35.9 Å². The zero-order chi connectivity index (χ0) is 28.1. The molecular weight excluding hydrogens is 518 g/mol. The third-order valence-corrected chi connectivity index (χ3v) is 6.93. The van der Waals surface area contributed by atoms with Crippen LogP contribution in [0.3, 0.4) is 0 Å². The Morgan fingerprint density at radius 2 is 1.44 bits per heavy atom. The van der Waals surface area contributed by atoms with Crippen molar-refractivity contribution in [2.24, 2.45) is 0 Å². The molecule has 0 aliphatic carbocycles. The Hall–Kier alpha value is -4.17. The number of benzene rings is 3. The van der Waals surface area contributed by atoms with Crippen molar-refractivity contribution < 1.29 is 24.3 Å². The van der Waals surface area contributed by atoms with Crippen molar-refractivity contribution in [3.8, 4) is 0 Å². The summed E-state index contributed by atoms with van der Waals surface area (Å²) in [6, 6.07) is 19.7. The van der Waals surface area contributed by atoms with Gasteiger partial charge in [0, 0.05) is 29.2 Å². The molecule has 0 radical (unpaired) electrons. The quantitative estimate of drug-likeness (QED) is 0.449. The van der Waals surface area contributed by atoms with Crippen LogP contribution >= 0.6 is 11.6 Å². The van der Waals surface area contributed by atoms with Crippen molar-refractivity contribution in [1.82, 2.24) is 15.1 Å². The molecule has 0 aromatic heterocycles. The first-order valence-corrected chi connectivity index (χ1v) is 13.0. The number of carbonyl (C=O) groups excluding carboxylic acids is 3. The van der Waals surface area contributed by atoms with Gasteiger partial charge in [0.25, 0.3) is 17.7 Å². The highest BCUT2D eigenvalue weighted by molar-refractivity contribution is 6.30. The van der Waals surface area contributed by atoms with Gasteiger partial charge in [-0.15, -0.1) is 0 Å². The maximum Gasteiger partial charge on any atom is 0.305 e. The number of carbonyl (C=O) groups is 4. The van der Waals surface area contributed by atoms with Crippen LogP contribution in [0.1, 0.15) is 56.3 Å². The van der Waals surface area contributed by atoms with Gasteiger partial charge < -0.3 is 20.2 Å². The van der Waals surface area contributed by atoms with Crippen LogP contribution in [0.5, 0.6) is 0 Å². The first-order chi connectivity index (χ1) is 18.6. The van der Waals surface area contributed by atoms with Gasteiger partial charge in [0.1, 0.15) is 0 Å². The molecule has 2 N–H and O–H groups in total. The zero-order valence-corrected chi connectivity index (χ0v) is 22.5. The summed E-state index contributed by atoms with van der Waals surface area (Å²) in [6.07, 6.45) is -1.17. The first-order valence-electron chi connectivity index (χ1n) is 12.7. The molecule has 1 fully saturated rings. The van der Waals surface area contributed by atoms with Crippen LogP contribution < -0.4 is 5.32 Å². The molecule has 8 nitrogen and oxygen atoms in total. The Balaban J connectivity index is 1.71. The number of halogens is 1. The topological polar surface area (TPSA) is 107 Å². The van der Waals surface area contributed by atoms with Gasteiger partial charge in [0.05, 0.1) is 12.5 Å². The number of amides is 3. The lowest BCUT2D eigenvalue weighted by Gasteiger charge is -2.43. The smallest absolute Gasteiger partial charge is 0.305 e. The Kier molecular flexibility index (Phi) is 8.66. The summed E-state index contributed by atoms with van der Waals surface area (Å²) in [5.41, 5.74) is 3.22. The standard InChI is InChI=1S/C30H30ClN3O5/c1-19-7-9-21(10-8-19)29(38)33-15-4-16-34(30(39)22-11-13-24(31)14-12-22)28(33)27(37)32-25(18-26(35)36)23-6-3-5-20(2)17-23/h3,5-14,17,25,28H,4,15-16,18H2,1-2H3,(H,32,37)(H,35,36). The third-order valence-electron chi connectivity index (χ3n) is 6.67. The molecule has 0 spiro atoms. The molecule has 202 valence electrons. The number of rotatable bonds is 7. The molecule has 39 heavy (non-hydrogen) atoms. The van der Waals surface area contributed by atoms with Gasteiger partial charge in [-0.3, -0.25) is 19.2 Å². The predicted molar refractivity (Wildman–Crippen MR) is 147 cm³/mol. The van der Waals surface area contributed by atoms with E-state index in [9.17, 15) is 24.3 Å².